The molecule has 0 fully saturated rings. The van der Waals surface area contributed by atoms with Crippen LogP contribution in [0, 0.1) is 21.7 Å². The van der Waals surface area contributed by atoms with E-state index in [4.69, 9.17) is 9.84 Å². The van der Waals surface area contributed by atoms with Gasteiger partial charge >= 0.3 is 11.7 Å². The van der Waals surface area contributed by atoms with E-state index in [0.717, 1.165) is 0 Å². The third kappa shape index (κ3) is 3.37. The number of nitro benzene ring substituents is 1. The number of rotatable bonds is 5. The molecular weight excluding hydrogens is 252 g/mol. The van der Waals surface area contributed by atoms with Gasteiger partial charge in [0.15, 0.2) is 11.6 Å². The lowest BCUT2D eigenvalue weighted by atomic mass is 10.2. The van der Waals surface area contributed by atoms with Gasteiger partial charge < -0.3 is 9.84 Å². The highest BCUT2D eigenvalue weighted by molar-refractivity contribution is 5.67. The second kappa shape index (κ2) is 5.39. The molecule has 8 heteroatoms. The fraction of sp³-hybridized carbons (Fsp3) is 0.300. The minimum absolute atomic E-state index is 0.387. The Bertz CT molecular complexity index is 491. The monoisotopic (exact) mass is 261 g/mol. The van der Waals surface area contributed by atoms with Crippen molar-refractivity contribution in [3.63, 3.8) is 0 Å². The van der Waals surface area contributed by atoms with Gasteiger partial charge in [-0.1, -0.05) is 0 Å². The summed E-state index contributed by atoms with van der Waals surface area (Å²) in [5.74, 6) is -4.10. The van der Waals surface area contributed by atoms with Crippen LogP contribution in [-0.4, -0.2) is 22.1 Å². The third-order valence-electron chi connectivity index (χ3n) is 1.99. The van der Waals surface area contributed by atoms with Crippen LogP contribution >= 0.6 is 0 Å². The lowest BCUT2D eigenvalue weighted by Crippen LogP contribution is -2.17. The highest BCUT2D eigenvalue weighted by atomic mass is 19.1. The van der Waals surface area contributed by atoms with Crippen LogP contribution in [0.5, 0.6) is 5.75 Å². The van der Waals surface area contributed by atoms with Crippen molar-refractivity contribution < 1.29 is 28.3 Å². The zero-order chi connectivity index (χ0) is 13.9. The van der Waals surface area contributed by atoms with Crippen LogP contribution in [0.25, 0.3) is 0 Å². The number of nitrogens with zero attached hydrogens (tertiary/aromatic N) is 1. The van der Waals surface area contributed by atoms with Crippen LogP contribution in [-0.2, 0) is 4.79 Å². The molecule has 1 N–H and O–H groups in total. The second-order valence-corrected chi connectivity index (χ2v) is 3.52. The molecule has 0 aromatic heterocycles. The van der Waals surface area contributed by atoms with Crippen molar-refractivity contribution >= 4 is 11.7 Å². The van der Waals surface area contributed by atoms with Crippen molar-refractivity contribution in [2.24, 2.45) is 0 Å². The van der Waals surface area contributed by atoms with Gasteiger partial charge in [0.1, 0.15) is 6.10 Å². The molecule has 0 aliphatic carbocycles. The lowest BCUT2D eigenvalue weighted by molar-refractivity contribution is -0.387. The van der Waals surface area contributed by atoms with E-state index in [-0.39, 0.29) is 0 Å². The zero-order valence-corrected chi connectivity index (χ0v) is 9.22. The van der Waals surface area contributed by atoms with E-state index in [9.17, 15) is 23.7 Å². The predicted molar refractivity (Wildman–Crippen MR) is 55.4 cm³/mol. The Labute approximate surface area is 99.9 Å². The molecule has 0 amide bonds. The number of aliphatic carboxylic acids is 1. The largest absolute Gasteiger partial charge is 0.487 e. The Hall–Kier alpha value is -2.25. The molecule has 0 spiro atoms. The molecule has 0 radical (unpaired) electrons. The first-order chi connectivity index (χ1) is 8.31. The maximum atomic E-state index is 13.3. The highest BCUT2D eigenvalue weighted by Gasteiger charge is 2.21. The van der Waals surface area contributed by atoms with E-state index in [1.54, 1.807) is 0 Å². The minimum atomic E-state index is -1.25. The summed E-state index contributed by atoms with van der Waals surface area (Å²) in [5.41, 5.74) is -1.01. The third-order valence-corrected chi connectivity index (χ3v) is 1.99. The molecule has 1 aromatic carbocycles. The van der Waals surface area contributed by atoms with Crippen LogP contribution < -0.4 is 4.74 Å². The molecule has 1 rings (SSSR count). The van der Waals surface area contributed by atoms with Crippen LogP contribution in [0.1, 0.15) is 13.3 Å². The Kier molecular flexibility index (Phi) is 4.13. The maximum Gasteiger partial charge on any atom is 0.307 e. The quantitative estimate of drug-likeness (QED) is 0.647. The first-order valence-electron chi connectivity index (χ1n) is 4.83. The van der Waals surface area contributed by atoms with Crippen LogP contribution in [0.15, 0.2) is 12.1 Å². The Balaban J connectivity index is 2.94. The lowest BCUT2D eigenvalue weighted by Gasteiger charge is -2.13. The molecule has 0 saturated carbocycles. The van der Waals surface area contributed by atoms with Crippen molar-refractivity contribution in [2.75, 3.05) is 0 Å². The van der Waals surface area contributed by atoms with Crippen LogP contribution in [0.3, 0.4) is 0 Å². The Morgan fingerprint density at radius 3 is 2.61 bits per heavy atom. The molecule has 0 saturated heterocycles. The SMILES string of the molecule is C[C@@H](CC(=O)O)Oc1cc(F)c([N+](=O)[O-])cc1F. The molecule has 1 aromatic rings. The van der Waals surface area contributed by atoms with Crippen molar-refractivity contribution in [2.45, 2.75) is 19.4 Å². The summed E-state index contributed by atoms with van der Waals surface area (Å²) in [5, 5.41) is 18.8. The van der Waals surface area contributed by atoms with E-state index >= 15 is 0 Å². The summed E-state index contributed by atoms with van der Waals surface area (Å²) in [6, 6.07) is 0.907. The number of carboxylic acids is 1. The molecule has 1 atom stereocenters. The summed E-state index contributed by atoms with van der Waals surface area (Å²) < 4.78 is 31.4. The molecule has 0 heterocycles. The number of carbonyl (C=O) groups is 1. The topological polar surface area (TPSA) is 89.7 Å². The summed E-state index contributed by atoms with van der Waals surface area (Å²) in [6.45, 7) is 1.35. The summed E-state index contributed by atoms with van der Waals surface area (Å²) in [4.78, 5) is 19.6. The van der Waals surface area contributed by atoms with Gasteiger partial charge in [0, 0.05) is 6.07 Å². The first kappa shape index (κ1) is 13.8. The van der Waals surface area contributed by atoms with Gasteiger partial charge in [-0.2, -0.15) is 4.39 Å². The van der Waals surface area contributed by atoms with Gasteiger partial charge in [-0.15, -0.1) is 0 Å². The van der Waals surface area contributed by atoms with Crippen molar-refractivity contribution in [3.05, 3.63) is 33.9 Å². The summed E-state index contributed by atoms with van der Waals surface area (Å²) >= 11 is 0. The van der Waals surface area contributed by atoms with Gasteiger partial charge in [-0.25, -0.2) is 4.39 Å². The molecule has 98 valence electrons. The molecule has 6 nitrogen and oxygen atoms in total. The van der Waals surface area contributed by atoms with E-state index in [2.05, 4.69) is 0 Å². The van der Waals surface area contributed by atoms with Gasteiger partial charge in [0.25, 0.3) is 0 Å². The molecule has 0 bridgehead atoms. The van der Waals surface area contributed by atoms with Gasteiger partial charge in [0.2, 0.25) is 5.82 Å². The van der Waals surface area contributed by atoms with Crippen molar-refractivity contribution in [1.82, 2.24) is 0 Å². The Morgan fingerprint density at radius 2 is 2.11 bits per heavy atom. The minimum Gasteiger partial charge on any atom is -0.487 e. The predicted octanol–water partition coefficient (Wildman–Crippen LogP) is 2.12. The van der Waals surface area contributed by atoms with Crippen LogP contribution in [0.2, 0.25) is 0 Å². The molecular formula is C10H9F2NO5. The second-order valence-electron chi connectivity index (χ2n) is 3.52. The molecule has 0 unspecified atom stereocenters. The molecule has 0 aliphatic rings. The standard InChI is InChI=1S/C10H9F2NO5/c1-5(2-10(14)15)18-9-4-6(11)8(13(16)17)3-7(9)12/h3-5H,2H2,1H3,(H,14,15)/t5-/m0/s1. The smallest absolute Gasteiger partial charge is 0.307 e. The van der Waals surface area contributed by atoms with E-state index in [1.807, 2.05) is 0 Å². The normalized spacial score (nSPS) is 11.9. The number of hydrogen-bond acceptors (Lipinski definition) is 4. The summed E-state index contributed by atoms with van der Waals surface area (Å²) in [6.07, 6.45) is -1.30. The van der Waals surface area contributed by atoms with Gasteiger partial charge in [-0.05, 0) is 6.92 Å². The average Bonchev–Trinajstić information content (AvgIpc) is 2.21. The van der Waals surface area contributed by atoms with E-state index in [0.29, 0.717) is 12.1 Å². The summed E-state index contributed by atoms with van der Waals surface area (Å²) in [7, 11) is 0. The van der Waals surface area contributed by atoms with E-state index < -0.39 is 46.5 Å². The molecule has 0 aliphatic heterocycles. The number of nitro groups is 1. The maximum absolute atomic E-state index is 13.3. The number of hydrogen-bond donors (Lipinski definition) is 1. The van der Waals surface area contributed by atoms with Crippen LogP contribution in [0.4, 0.5) is 14.5 Å². The average molecular weight is 261 g/mol. The van der Waals surface area contributed by atoms with Gasteiger partial charge in [0.05, 0.1) is 17.4 Å². The highest BCUT2D eigenvalue weighted by Crippen LogP contribution is 2.27. The fourth-order valence-electron chi connectivity index (χ4n) is 1.25. The number of halogens is 2. The molecule has 18 heavy (non-hydrogen) atoms. The number of carboxylic acid groups (broad SMARTS) is 1. The zero-order valence-electron chi connectivity index (χ0n) is 9.22. The van der Waals surface area contributed by atoms with Gasteiger partial charge in [-0.3, -0.25) is 14.9 Å². The first-order valence-corrected chi connectivity index (χ1v) is 4.83. The fourth-order valence-corrected chi connectivity index (χ4v) is 1.25. The van der Waals surface area contributed by atoms with Crippen molar-refractivity contribution in [1.29, 1.82) is 0 Å². The number of ether oxygens (including phenoxy) is 1. The Morgan fingerprint density at radius 1 is 1.50 bits per heavy atom. The van der Waals surface area contributed by atoms with Crippen molar-refractivity contribution in [3.8, 4) is 5.75 Å². The van der Waals surface area contributed by atoms with E-state index in [1.165, 1.54) is 6.92 Å². The number of benzene rings is 1.